The number of nitrogens with one attached hydrogen (secondary N) is 1. The fourth-order valence-corrected chi connectivity index (χ4v) is 1.88. The molecule has 0 saturated carbocycles. The maximum atomic E-state index is 12.2. The van der Waals surface area contributed by atoms with Gasteiger partial charge in [-0.2, -0.15) is 0 Å². The van der Waals surface area contributed by atoms with Crippen LogP contribution in [-0.4, -0.2) is 31.8 Å². The first kappa shape index (κ1) is 17.3. The van der Waals surface area contributed by atoms with Gasteiger partial charge in [0.2, 0.25) is 0 Å². The lowest BCUT2D eigenvalue weighted by Gasteiger charge is -2.13. The zero-order valence-electron chi connectivity index (χ0n) is 13.1. The standard InChI is InChI=1S/C16H26N2O3/c1-4-20-15-13(8-7-9-14(15)17)16(19)18-10-5-6-11-21-12(2)3/h7-9,12H,4-6,10-11,17H2,1-3H3,(H,18,19). The number of unbranched alkanes of at least 4 members (excludes halogenated alkanes) is 1. The zero-order valence-corrected chi connectivity index (χ0v) is 13.1. The SMILES string of the molecule is CCOc1c(N)cccc1C(=O)NCCCCOC(C)C. The van der Waals surface area contributed by atoms with Crippen molar-refractivity contribution < 1.29 is 14.3 Å². The molecule has 0 heterocycles. The van der Waals surface area contributed by atoms with Crippen molar-refractivity contribution in [1.82, 2.24) is 5.32 Å². The maximum absolute atomic E-state index is 12.2. The van der Waals surface area contributed by atoms with Gasteiger partial charge >= 0.3 is 0 Å². The van der Waals surface area contributed by atoms with Gasteiger partial charge in [-0.1, -0.05) is 6.07 Å². The number of amides is 1. The van der Waals surface area contributed by atoms with Crippen LogP contribution in [0, 0.1) is 0 Å². The summed E-state index contributed by atoms with van der Waals surface area (Å²) in [7, 11) is 0. The molecule has 5 nitrogen and oxygen atoms in total. The van der Waals surface area contributed by atoms with Crippen molar-refractivity contribution in [3.63, 3.8) is 0 Å². The summed E-state index contributed by atoms with van der Waals surface area (Å²) in [5.74, 6) is 0.302. The Balaban J connectivity index is 2.43. The molecule has 0 spiro atoms. The number of benzene rings is 1. The number of anilines is 1. The van der Waals surface area contributed by atoms with Crippen LogP contribution >= 0.6 is 0 Å². The number of hydrogen-bond donors (Lipinski definition) is 2. The third-order valence-electron chi connectivity index (χ3n) is 2.89. The smallest absolute Gasteiger partial charge is 0.255 e. The van der Waals surface area contributed by atoms with Crippen molar-refractivity contribution in [3.05, 3.63) is 23.8 Å². The van der Waals surface area contributed by atoms with Crippen LogP contribution in [0.5, 0.6) is 5.75 Å². The minimum Gasteiger partial charge on any atom is -0.491 e. The van der Waals surface area contributed by atoms with E-state index in [4.69, 9.17) is 15.2 Å². The average Bonchev–Trinajstić information content (AvgIpc) is 2.44. The first-order chi connectivity index (χ1) is 10.1. The Kier molecular flexibility index (Phi) is 7.61. The van der Waals surface area contributed by atoms with Crippen molar-refractivity contribution in [1.29, 1.82) is 0 Å². The summed E-state index contributed by atoms with van der Waals surface area (Å²) < 4.78 is 10.9. The highest BCUT2D eigenvalue weighted by atomic mass is 16.5. The van der Waals surface area contributed by atoms with Crippen LogP contribution in [0.3, 0.4) is 0 Å². The molecule has 0 fully saturated rings. The van der Waals surface area contributed by atoms with E-state index in [1.807, 2.05) is 20.8 Å². The van der Waals surface area contributed by atoms with E-state index in [0.29, 0.717) is 30.2 Å². The van der Waals surface area contributed by atoms with Crippen LogP contribution in [0.15, 0.2) is 18.2 Å². The zero-order chi connectivity index (χ0) is 15.7. The van der Waals surface area contributed by atoms with Gasteiger partial charge in [0.05, 0.1) is 24.0 Å². The molecule has 1 rings (SSSR count). The summed E-state index contributed by atoms with van der Waals surface area (Å²) in [6.45, 7) is 7.69. The van der Waals surface area contributed by atoms with Gasteiger partial charge in [-0.15, -0.1) is 0 Å². The third-order valence-corrected chi connectivity index (χ3v) is 2.89. The lowest BCUT2D eigenvalue weighted by atomic mass is 10.1. The predicted molar refractivity (Wildman–Crippen MR) is 84.7 cm³/mol. The van der Waals surface area contributed by atoms with Crippen molar-refractivity contribution in [2.45, 2.75) is 39.7 Å². The number of rotatable bonds is 9. The van der Waals surface area contributed by atoms with Crippen LogP contribution in [0.4, 0.5) is 5.69 Å². The van der Waals surface area contributed by atoms with Gasteiger partial charge in [0.25, 0.3) is 5.91 Å². The second-order valence-corrected chi connectivity index (χ2v) is 5.04. The summed E-state index contributed by atoms with van der Waals surface area (Å²) in [5.41, 5.74) is 6.81. The van der Waals surface area contributed by atoms with Crippen LogP contribution in [-0.2, 0) is 4.74 Å². The minimum atomic E-state index is -0.157. The number of para-hydroxylation sites is 1. The highest BCUT2D eigenvalue weighted by Gasteiger charge is 2.14. The Morgan fingerprint density at radius 3 is 2.76 bits per heavy atom. The summed E-state index contributed by atoms with van der Waals surface area (Å²) in [6, 6.07) is 5.20. The second-order valence-electron chi connectivity index (χ2n) is 5.04. The Hall–Kier alpha value is -1.75. The van der Waals surface area contributed by atoms with Gasteiger partial charge < -0.3 is 20.5 Å². The molecule has 0 aliphatic carbocycles. The highest BCUT2D eigenvalue weighted by molar-refractivity contribution is 5.98. The molecule has 1 aromatic rings. The molecule has 1 amide bonds. The Morgan fingerprint density at radius 2 is 2.10 bits per heavy atom. The Bertz CT molecular complexity index is 447. The molecule has 0 aromatic heterocycles. The molecule has 0 aliphatic heterocycles. The van der Waals surface area contributed by atoms with Crippen LogP contribution < -0.4 is 15.8 Å². The fourth-order valence-electron chi connectivity index (χ4n) is 1.88. The van der Waals surface area contributed by atoms with E-state index in [9.17, 15) is 4.79 Å². The van der Waals surface area contributed by atoms with Crippen LogP contribution in [0.25, 0.3) is 0 Å². The quantitative estimate of drug-likeness (QED) is 0.542. The number of carbonyl (C=O) groups excluding carboxylic acids is 1. The van der Waals surface area contributed by atoms with Crippen molar-refractivity contribution in [2.24, 2.45) is 0 Å². The average molecular weight is 294 g/mol. The Morgan fingerprint density at radius 1 is 1.33 bits per heavy atom. The van der Waals surface area contributed by atoms with Crippen LogP contribution in [0.2, 0.25) is 0 Å². The molecule has 118 valence electrons. The largest absolute Gasteiger partial charge is 0.491 e. The van der Waals surface area contributed by atoms with E-state index in [2.05, 4.69) is 5.32 Å². The third kappa shape index (κ3) is 6.04. The molecule has 0 aliphatic rings. The molecule has 21 heavy (non-hydrogen) atoms. The predicted octanol–water partition coefficient (Wildman–Crippen LogP) is 2.60. The van der Waals surface area contributed by atoms with E-state index in [0.717, 1.165) is 19.4 Å². The summed E-state index contributed by atoms with van der Waals surface area (Å²) in [4.78, 5) is 12.2. The van der Waals surface area contributed by atoms with Crippen molar-refractivity contribution in [3.8, 4) is 5.75 Å². The summed E-state index contributed by atoms with van der Waals surface area (Å²) in [5, 5.41) is 2.88. The molecule has 0 atom stereocenters. The molecule has 0 unspecified atom stereocenters. The molecule has 1 aromatic carbocycles. The van der Waals surface area contributed by atoms with Gasteiger partial charge in [0, 0.05) is 13.2 Å². The van der Waals surface area contributed by atoms with Gasteiger partial charge in [0.1, 0.15) is 0 Å². The fraction of sp³-hybridized carbons (Fsp3) is 0.562. The normalized spacial score (nSPS) is 10.7. The number of nitrogen functional groups attached to an aromatic ring is 1. The number of nitrogens with two attached hydrogens (primary N) is 1. The molecule has 0 saturated heterocycles. The lowest BCUT2D eigenvalue weighted by Crippen LogP contribution is -2.25. The van der Waals surface area contributed by atoms with Gasteiger partial charge in [-0.05, 0) is 45.7 Å². The first-order valence-electron chi connectivity index (χ1n) is 7.47. The maximum Gasteiger partial charge on any atom is 0.255 e. The van der Waals surface area contributed by atoms with E-state index in [-0.39, 0.29) is 12.0 Å². The van der Waals surface area contributed by atoms with E-state index in [1.165, 1.54) is 0 Å². The first-order valence-corrected chi connectivity index (χ1v) is 7.47. The van der Waals surface area contributed by atoms with E-state index >= 15 is 0 Å². The molecular weight excluding hydrogens is 268 g/mol. The number of ether oxygens (including phenoxy) is 2. The molecule has 0 bridgehead atoms. The van der Waals surface area contributed by atoms with E-state index < -0.39 is 0 Å². The van der Waals surface area contributed by atoms with Gasteiger partial charge in [-0.25, -0.2) is 0 Å². The van der Waals surface area contributed by atoms with Crippen LogP contribution in [0.1, 0.15) is 44.0 Å². The second kappa shape index (κ2) is 9.23. The highest BCUT2D eigenvalue weighted by Crippen LogP contribution is 2.26. The van der Waals surface area contributed by atoms with Crippen molar-refractivity contribution in [2.75, 3.05) is 25.5 Å². The summed E-state index contributed by atoms with van der Waals surface area (Å²) >= 11 is 0. The van der Waals surface area contributed by atoms with Gasteiger partial charge in [-0.3, -0.25) is 4.79 Å². The molecule has 3 N–H and O–H groups in total. The summed E-state index contributed by atoms with van der Waals surface area (Å²) in [6.07, 6.45) is 2.05. The lowest BCUT2D eigenvalue weighted by molar-refractivity contribution is 0.0754. The molecule has 5 heteroatoms. The van der Waals surface area contributed by atoms with Crippen molar-refractivity contribution >= 4 is 11.6 Å². The van der Waals surface area contributed by atoms with Gasteiger partial charge in [0.15, 0.2) is 5.75 Å². The number of carbonyl (C=O) groups is 1. The monoisotopic (exact) mass is 294 g/mol. The minimum absolute atomic E-state index is 0.157. The topological polar surface area (TPSA) is 73.6 Å². The molecular formula is C16H26N2O3. The Labute approximate surface area is 126 Å². The molecule has 0 radical (unpaired) electrons. The number of hydrogen-bond acceptors (Lipinski definition) is 4. The van der Waals surface area contributed by atoms with E-state index in [1.54, 1.807) is 18.2 Å².